The Morgan fingerprint density at radius 2 is 0.939 bits per heavy atom. The number of fused-ring (bicyclic) bond motifs is 1. The minimum atomic E-state index is -0.393. The molecule has 0 spiro atoms. The van der Waals surface area contributed by atoms with Crippen molar-refractivity contribution >= 4 is 0 Å². The molecule has 49 heavy (non-hydrogen) atoms. The van der Waals surface area contributed by atoms with Crippen molar-refractivity contribution < 1.29 is 14.2 Å². The molecule has 2 saturated heterocycles. The monoisotopic (exact) mass is 684 g/mol. The number of allylic oxidation sites excluding steroid dienone is 8. The number of rotatable bonds is 31. The van der Waals surface area contributed by atoms with Gasteiger partial charge in [0.05, 0.1) is 18.3 Å². The van der Waals surface area contributed by atoms with Crippen molar-refractivity contribution in [1.29, 1.82) is 0 Å². The number of methoxy groups -OCH3 is 1. The topological polar surface area (TPSA) is 30.9 Å². The molecule has 0 saturated carbocycles. The zero-order chi connectivity index (χ0) is 35.1. The lowest BCUT2D eigenvalue weighted by Crippen LogP contribution is -2.36. The van der Waals surface area contributed by atoms with E-state index in [1.54, 1.807) is 0 Å². The molecule has 0 bridgehead atoms. The molecule has 0 aliphatic carbocycles. The van der Waals surface area contributed by atoms with Crippen LogP contribution in [0.15, 0.2) is 48.6 Å². The Kier molecular flexibility index (Phi) is 27.3. The Morgan fingerprint density at radius 3 is 1.39 bits per heavy atom. The maximum absolute atomic E-state index is 6.91. The Hall–Kier alpha value is -1.20. The standard InChI is InChI=1S/C45H81NO3/c1-5-7-9-11-13-15-17-19-21-23-25-27-29-31-33-35-37-45(48-43-39-42(47-4)40-46(3)41-44(43)49-45)38-36-34-32-30-28-26-24-22-20-18-16-14-12-10-8-6-2/h13-16,19-22,42-44H,5-12,17-18,23-41H2,1-4H3/b15-13-,16-14-,21-19-,22-20-/t42-,43-,44-/m1/s1. The fourth-order valence-corrected chi connectivity index (χ4v) is 7.45. The van der Waals surface area contributed by atoms with Crippen LogP contribution in [0.3, 0.4) is 0 Å². The first-order valence-corrected chi connectivity index (χ1v) is 21.3. The summed E-state index contributed by atoms with van der Waals surface area (Å²) in [5.74, 6) is -0.393. The first kappa shape index (κ1) is 44.0. The minimum Gasteiger partial charge on any atom is -0.380 e. The van der Waals surface area contributed by atoms with Crippen LogP contribution >= 0.6 is 0 Å². The van der Waals surface area contributed by atoms with E-state index in [4.69, 9.17) is 14.2 Å². The largest absolute Gasteiger partial charge is 0.380 e. The molecule has 0 aromatic heterocycles. The summed E-state index contributed by atoms with van der Waals surface area (Å²) in [5, 5.41) is 0. The van der Waals surface area contributed by atoms with E-state index in [0.717, 1.165) is 45.2 Å². The van der Waals surface area contributed by atoms with Crippen molar-refractivity contribution in [2.45, 2.75) is 211 Å². The van der Waals surface area contributed by atoms with Crippen LogP contribution < -0.4 is 0 Å². The van der Waals surface area contributed by atoms with Crippen LogP contribution in [0, 0.1) is 0 Å². The average Bonchev–Trinajstić information content (AvgIpc) is 3.35. The number of hydrogen-bond acceptors (Lipinski definition) is 4. The van der Waals surface area contributed by atoms with E-state index in [2.05, 4.69) is 74.4 Å². The fourth-order valence-electron chi connectivity index (χ4n) is 7.45. The number of nitrogens with zero attached hydrogens (tertiary/aromatic N) is 1. The van der Waals surface area contributed by atoms with E-state index < -0.39 is 5.79 Å². The van der Waals surface area contributed by atoms with Crippen LogP contribution in [0.2, 0.25) is 0 Å². The van der Waals surface area contributed by atoms with E-state index in [0.29, 0.717) is 0 Å². The minimum absolute atomic E-state index is 0.157. The van der Waals surface area contributed by atoms with Gasteiger partial charge in [0.25, 0.3) is 0 Å². The molecule has 2 heterocycles. The Balaban J connectivity index is 1.63. The highest BCUT2D eigenvalue weighted by Gasteiger charge is 2.48. The van der Waals surface area contributed by atoms with Crippen LogP contribution in [0.1, 0.15) is 187 Å². The number of ether oxygens (including phenoxy) is 3. The molecule has 0 N–H and O–H groups in total. The summed E-state index contributed by atoms with van der Waals surface area (Å²) >= 11 is 0. The number of unbranched alkanes of at least 4 members (excludes halogenated alkanes) is 18. The normalized spacial score (nSPS) is 21.6. The lowest BCUT2D eigenvalue weighted by atomic mass is 9.98. The first-order valence-electron chi connectivity index (χ1n) is 21.3. The first-order chi connectivity index (χ1) is 24.1. The van der Waals surface area contributed by atoms with Crippen molar-refractivity contribution in [1.82, 2.24) is 4.90 Å². The molecule has 2 aliphatic heterocycles. The van der Waals surface area contributed by atoms with Gasteiger partial charge in [-0.2, -0.15) is 0 Å². The highest BCUT2D eigenvalue weighted by Crippen LogP contribution is 2.40. The van der Waals surface area contributed by atoms with Gasteiger partial charge in [0, 0.05) is 39.5 Å². The second kappa shape index (κ2) is 30.4. The quantitative estimate of drug-likeness (QED) is 0.0537. The molecule has 4 nitrogen and oxygen atoms in total. The summed E-state index contributed by atoms with van der Waals surface area (Å²) in [4.78, 5) is 2.37. The van der Waals surface area contributed by atoms with Gasteiger partial charge in [0.1, 0.15) is 0 Å². The zero-order valence-corrected chi connectivity index (χ0v) is 33.0. The molecule has 0 aromatic rings. The zero-order valence-electron chi connectivity index (χ0n) is 33.0. The van der Waals surface area contributed by atoms with E-state index in [9.17, 15) is 0 Å². The molecule has 3 atom stereocenters. The third-order valence-electron chi connectivity index (χ3n) is 10.5. The summed E-state index contributed by atoms with van der Waals surface area (Å²) in [5.41, 5.74) is 0. The highest BCUT2D eigenvalue weighted by atomic mass is 16.8. The second-order valence-electron chi connectivity index (χ2n) is 15.2. The maximum atomic E-state index is 6.91. The molecule has 0 aromatic carbocycles. The number of likely N-dealkylation sites (tertiary alicyclic amines) is 1. The van der Waals surface area contributed by atoms with E-state index >= 15 is 0 Å². The van der Waals surface area contributed by atoms with Crippen molar-refractivity contribution in [3.8, 4) is 0 Å². The van der Waals surface area contributed by atoms with Gasteiger partial charge < -0.3 is 19.1 Å². The smallest absolute Gasteiger partial charge is 0.169 e. The van der Waals surface area contributed by atoms with Crippen LogP contribution in [-0.4, -0.2) is 56.2 Å². The van der Waals surface area contributed by atoms with Crippen molar-refractivity contribution in [3.63, 3.8) is 0 Å². The van der Waals surface area contributed by atoms with Crippen LogP contribution in [0.5, 0.6) is 0 Å². The van der Waals surface area contributed by atoms with Gasteiger partial charge >= 0.3 is 0 Å². The van der Waals surface area contributed by atoms with Crippen molar-refractivity contribution in [3.05, 3.63) is 48.6 Å². The third kappa shape index (κ3) is 22.4. The highest BCUT2D eigenvalue weighted by molar-refractivity contribution is 4.94. The second-order valence-corrected chi connectivity index (χ2v) is 15.2. The predicted octanol–water partition coefficient (Wildman–Crippen LogP) is 13.2. The number of likely N-dealkylation sites (N-methyl/N-ethyl adjacent to an activating group) is 1. The van der Waals surface area contributed by atoms with Gasteiger partial charge in [-0.05, 0) is 84.1 Å². The molecule has 0 unspecified atom stereocenters. The van der Waals surface area contributed by atoms with Crippen molar-refractivity contribution in [2.75, 3.05) is 27.2 Å². The molecule has 2 rings (SSSR count). The summed E-state index contributed by atoms with van der Waals surface area (Å²) < 4.78 is 19.6. The third-order valence-corrected chi connectivity index (χ3v) is 10.5. The molecule has 0 radical (unpaired) electrons. The lowest BCUT2D eigenvalue weighted by molar-refractivity contribution is -0.191. The number of hydrogen-bond donors (Lipinski definition) is 0. The summed E-state index contributed by atoms with van der Waals surface area (Å²) in [7, 11) is 4.04. The van der Waals surface area contributed by atoms with Crippen LogP contribution in [-0.2, 0) is 14.2 Å². The van der Waals surface area contributed by atoms with E-state index in [-0.39, 0.29) is 18.3 Å². The Bertz CT molecular complexity index is 815. The van der Waals surface area contributed by atoms with Gasteiger partial charge in [0.2, 0.25) is 0 Å². The summed E-state index contributed by atoms with van der Waals surface area (Å²) in [6.45, 7) is 6.44. The summed E-state index contributed by atoms with van der Waals surface area (Å²) in [6.07, 6.45) is 53.2. The predicted molar refractivity (Wildman–Crippen MR) is 213 cm³/mol. The molecule has 4 heteroatoms. The Labute approximate surface area is 305 Å². The molecular weight excluding hydrogens is 602 g/mol. The van der Waals surface area contributed by atoms with E-state index in [1.165, 1.54) is 141 Å². The molecular formula is C45H81NO3. The van der Waals surface area contributed by atoms with Gasteiger partial charge in [-0.1, -0.05) is 140 Å². The van der Waals surface area contributed by atoms with Crippen molar-refractivity contribution in [2.24, 2.45) is 0 Å². The lowest BCUT2D eigenvalue weighted by Gasteiger charge is -2.30. The molecule has 2 fully saturated rings. The molecule has 284 valence electrons. The molecule has 2 aliphatic rings. The van der Waals surface area contributed by atoms with E-state index in [1.807, 2.05) is 7.11 Å². The van der Waals surface area contributed by atoms with Gasteiger partial charge in [-0.15, -0.1) is 0 Å². The Morgan fingerprint density at radius 1 is 0.531 bits per heavy atom. The van der Waals surface area contributed by atoms with Gasteiger partial charge in [-0.25, -0.2) is 0 Å². The summed E-state index contributed by atoms with van der Waals surface area (Å²) in [6, 6.07) is 0. The average molecular weight is 684 g/mol. The fraction of sp³-hybridized carbons (Fsp3) is 0.822. The SMILES string of the molecule is CCCCC/C=C\C/C=C\CCCCCCCCC1(CCCCCCCC/C=C\C/C=C\CCCCC)O[C@@H]2C[C@@H](OC)CN(C)C[C@H]2O1. The maximum Gasteiger partial charge on any atom is 0.169 e. The molecule has 0 amide bonds. The van der Waals surface area contributed by atoms with Gasteiger partial charge in [0.15, 0.2) is 5.79 Å². The van der Waals surface area contributed by atoms with Crippen LogP contribution in [0.4, 0.5) is 0 Å². The van der Waals surface area contributed by atoms with Crippen LogP contribution in [0.25, 0.3) is 0 Å². The van der Waals surface area contributed by atoms with Gasteiger partial charge in [-0.3, -0.25) is 0 Å².